The molecule has 170 valence electrons. The maximum atomic E-state index is 13.8. The molecule has 4 rings (SSSR count). The summed E-state index contributed by atoms with van der Waals surface area (Å²) in [6.07, 6.45) is 2.53. The van der Waals surface area contributed by atoms with Gasteiger partial charge in [-0.25, -0.2) is 8.78 Å². The van der Waals surface area contributed by atoms with Gasteiger partial charge in [-0.05, 0) is 44.0 Å². The van der Waals surface area contributed by atoms with Crippen LogP contribution in [0.3, 0.4) is 0 Å². The molecular weight excluding hydrogens is 414 g/mol. The van der Waals surface area contributed by atoms with E-state index in [1.54, 1.807) is 4.90 Å². The Morgan fingerprint density at radius 2 is 1.66 bits per heavy atom. The molecule has 2 heterocycles. The number of benzene rings is 2. The molecule has 0 bridgehead atoms. The molecule has 32 heavy (non-hydrogen) atoms. The molecule has 1 unspecified atom stereocenters. The number of hydrogen-bond acceptors (Lipinski definition) is 3. The molecular formula is C25H28F2N2O3. The lowest BCUT2D eigenvalue weighted by atomic mass is 9.94. The molecule has 0 aromatic heterocycles. The second-order valence-electron chi connectivity index (χ2n) is 8.67. The fourth-order valence-electron chi connectivity index (χ4n) is 4.44. The van der Waals surface area contributed by atoms with Crippen molar-refractivity contribution in [1.29, 1.82) is 0 Å². The molecule has 2 aliphatic heterocycles. The second kappa shape index (κ2) is 9.67. The SMILES string of the molecule is Cc1ccc(C(=O)N2CCCC(C(=O)N3CCC(Oc4ccc(F)cc4F)CC3)C2)cc1. The van der Waals surface area contributed by atoms with Crippen molar-refractivity contribution in [1.82, 2.24) is 9.80 Å². The summed E-state index contributed by atoms with van der Waals surface area (Å²) in [7, 11) is 0. The summed E-state index contributed by atoms with van der Waals surface area (Å²) in [4.78, 5) is 29.6. The molecule has 0 N–H and O–H groups in total. The van der Waals surface area contributed by atoms with Gasteiger partial charge in [0.05, 0.1) is 5.92 Å². The van der Waals surface area contributed by atoms with Gasteiger partial charge < -0.3 is 14.5 Å². The molecule has 7 heteroatoms. The summed E-state index contributed by atoms with van der Waals surface area (Å²) in [5, 5.41) is 0. The molecule has 0 radical (unpaired) electrons. The number of nitrogens with zero attached hydrogens (tertiary/aromatic N) is 2. The standard InChI is InChI=1S/C25H28F2N2O3/c1-17-4-6-18(7-5-17)24(30)29-12-2-3-19(16-29)25(31)28-13-10-21(11-14-28)32-23-9-8-20(26)15-22(23)27/h4-9,15,19,21H,2-3,10-14,16H2,1H3. The lowest BCUT2D eigenvalue weighted by Crippen LogP contribution is -2.49. The van der Waals surface area contributed by atoms with Gasteiger partial charge >= 0.3 is 0 Å². The van der Waals surface area contributed by atoms with Crippen molar-refractivity contribution >= 4 is 11.8 Å². The van der Waals surface area contributed by atoms with Crippen LogP contribution in [0.4, 0.5) is 8.78 Å². The van der Waals surface area contributed by atoms with E-state index in [1.165, 1.54) is 12.1 Å². The molecule has 2 amide bonds. The lowest BCUT2D eigenvalue weighted by Gasteiger charge is -2.38. The van der Waals surface area contributed by atoms with Crippen molar-refractivity contribution in [3.63, 3.8) is 0 Å². The van der Waals surface area contributed by atoms with Gasteiger partial charge in [0.2, 0.25) is 5.91 Å². The van der Waals surface area contributed by atoms with Gasteiger partial charge in [-0.2, -0.15) is 0 Å². The van der Waals surface area contributed by atoms with Crippen molar-refractivity contribution in [3.8, 4) is 5.75 Å². The zero-order valence-electron chi connectivity index (χ0n) is 18.2. The summed E-state index contributed by atoms with van der Waals surface area (Å²) in [6, 6.07) is 10.8. The largest absolute Gasteiger partial charge is 0.487 e. The molecule has 1 atom stereocenters. The Hall–Kier alpha value is -2.96. The number of hydrogen-bond donors (Lipinski definition) is 0. The third-order valence-electron chi connectivity index (χ3n) is 6.30. The van der Waals surface area contributed by atoms with E-state index in [0.717, 1.165) is 24.5 Å². The summed E-state index contributed by atoms with van der Waals surface area (Å²) in [5.41, 5.74) is 1.75. The number of halogens is 2. The minimum absolute atomic E-state index is 0.0315. The molecule has 5 nitrogen and oxygen atoms in total. The van der Waals surface area contributed by atoms with E-state index in [2.05, 4.69) is 0 Å². The highest BCUT2D eigenvalue weighted by atomic mass is 19.1. The molecule has 2 saturated heterocycles. The number of carbonyl (C=O) groups excluding carboxylic acids is 2. The number of piperidine rings is 2. The highest BCUT2D eigenvalue weighted by molar-refractivity contribution is 5.94. The second-order valence-corrected chi connectivity index (χ2v) is 8.67. The Morgan fingerprint density at radius 3 is 2.34 bits per heavy atom. The first-order valence-electron chi connectivity index (χ1n) is 11.2. The van der Waals surface area contributed by atoms with E-state index in [0.29, 0.717) is 44.6 Å². The van der Waals surface area contributed by atoms with Crippen LogP contribution in [0, 0.1) is 24.5 Å². The van der Waals surface area contributed by atoms with Crippen molar-refractivity contribution in [3.05, 3.63) is 65.2 Å². The van der Waals surface area contributed by atoms with E-state index >= 15 is 0 Å². The number of rotatable bonds is 4. The summed E-state index contributed by atoms with van der Waals surface area (Å²) in [6.45, 7) is 4.12. The first kappa shape index (κ1) is 22.2. The van der Waals surface area contributed by atoms with Crippen molar-refractivity contribution in [2.75, 3.05) is 26.2 Å². The minimum Gasteiger partial charge on any atom is -0.487 e. The Labute approximate surface area is 187 Å². The highest BCUT2D eigenvalue weighted by Crippen LogP contribution is 2.26. The van der Waals surface area contributed by atoms with Gasteiger partial charge in [0.15, 0.2) is 11.6 Å². The predicted molar refractivity (Wildman–Crippen MR) is 116 cm³/mol. The Bertz CT molecular complexity index is 972. The van der Waals surface area contributed by atoms with Crippen LogP contribution in [-0.2, 0) is 4.79 Å². The van der Waals surface area contributed by atoms with Crippen LogP contribution in [0.25, 0.3) is 0 Å². The quantitative estimate of drug-likeness (QED) is 0.713. The summed E-state index contributed by atoms with van der Waals surface area (Å²) in [5.74, 6) is -1.49. The van der Waals surface area contributed by atoms with Crippen molar-refractivity contribution < 1.29 is 23.1 Å². The van der Waals surface area contributed by atoms with E-state index in [4.69, 9.17) is 4.74 Å². The van der Waals surface area contributed by atoms with Gasteiger partial charge in [-0.3, -0.25) is 9.59 Å². The zero-order chi connectivity index (χ0) is 22.7. The summed E-state index contributed by atoms with van der Waals surface area (Å²) >= 11 is 0. The van der Waals surface area contributed by atoms with Crippen LogP contribution in [0.1, 0.15) is 41.6 Å². The number of carbonyl (C=O) groups is 2. The number of aryl methyl sites for hydroxylation is 1. The molecule has 2 aliphatic rings. The maximum Gasteiger partial charge on any atom is 0.253 e. The third-order valence-corrected chi connectivity index (χ3v) is 6.30. The van der Waals surface area contributed by atoms with Crippen LogP contribution < -0.4 is 4.74 Å². The first-order valence-corrected chi connectivity index (χ1v) is 11.2. The van der Waals surface area contributed by atoms with Gasteiger partial charge in [-0.15, -0.1) is 0 Å². The molecule has 2 aromatic rings. The van der Waals surface area contributed by atoms with Crippen molar-refractivity contribution in [2.24, 2.45) is 5.92 Å². The third kappa shape index (κ3) is 5.09. The molecule has 0 spiro atoms. The van der Waals surface area contributed by atoms with Crippen LogP contribution in [0.15, 0.2) is 42.5 Å². The van der Waals surface area contributed by atoms with Crippen LogP contribution in [-0.4, -0.2) is 53.9 Å². The smallest absolute Gasteiger partial charge is 0.253 e. The Morgan fingerprint density at radius 1 is 0.938 bits per heavy atom. The number of amides is 2. The normalized spacial score (nSPS) is 19.7. The van der Waals surface area contributed by atoms with Gasteiger partial charge in [-0.1, -0.05) is 17.7 Å². The topological polar surface area (TPSA) is 49.9 Å². The zero-order valence-corrected chi connectivity index (χ0v) is 18.2. The van der Waals surface area contributed by atoms with Gasteiger partial charge in [0.25, 0.3) is 5.91 Å². The molecule has 2 fully saturated rings. The minimum atomic E-state index is -0.718. The van der Waals surface area contributed by atoms with E-state index in [1.807, 2.05) is 36.1 Å². The van der Waals surface area contributed by atoms with Crippen molar-refractivity contribution in [2.45, 2.75) is 38.7 Å². The highest BCUT2D eigenvalue weighted by Gasteiger charge is 2.33. The Kier molecular flexibility index (Phi) is 6.72. The number of likely N-dealkylation sites (tertiary alicyclic amines) is 2. The molecule has 0 saturated carbocycles. The van der Waals surface area contributed by atoms with Crippen LogP contribution in [0.5, 0.6) is 5.75 Å². The Balaban J connectivity index is 1.30. The maximum absolute atomic E-state index is 13.8. The summed E-state index contributed by atoms with van der Waals surface area (Å²) < 4.78 is 32.6. The fourth-order valence-corrected chi connectivity index (χ4v) is 4.44. The average Bonchev–Trinajstić information content (AvgIpc) is 2.81. The number of ether oxygens (including phenoxy) is 1. The lowest BCUT2D eigenvalue weighted by molar-refractivity contribution is -0.138. The van der Waals surface area contributed by atoms with E-state index < -0.39 is 11.6 Å². The van der Waals surface area contributed by atoms with E-state index in [9.17, 15) is 18.4 Å². The van der Waals surface area contributed by atoms with Crippen LogP contribution >= 0.6 is 0 Å². The first-order chi connectivity index (χ1) is 15.4. The van der Waals surface area contributed by atoms with Crippen LogP contribution in [0.2, 0.25) is 0 Å². The monoisotopic (exact) mass is 442 g/mol. The van der Waals surface area contributed by atoms with Gasteiger partial charge in [0, 0.05) is 50.7 Å². The molecule has 2 aromatic carbocycles. The fraction of sp³-hybridized carbons (Fsp3) is 0.440. The van der Waals surface area contributed by atoms with E-state index in [-0.39, 0.29) is 29.6 Å². The molecule has 0 aliphatic carbocycles. The average molecular weight is 443 g/mol. The predicted octanol–water partition coefficient (Wildman–Crippen LogP) is 4.20. The van der Waals surface area contributed by atoms with Gasteiger partial charge in [0.1, 0.15) is 11.9 Å².